The number of esters is 1. The van der Waals surface area contributed by atoms with Gasteiger partial charge in [0, 0.05) is 17.5 Å². The fourth-order valence-corrected chi connectivity index (χ4v) is 1.53. The summed E-state index contributed by atoms with van der Waals surface area (Å²) in [6, 6.07) is 8.02. The van der Waals surface area contributed by atoms with Crippen LogP contribution < -0.4 is 10.4 Å². The predicted molar refractivity (Wildman–Crippen MR) is 64.6 cm³/mol. The molecule has 1 aromatic heterocycles. The lowest BCUT2D eigenvalue weighted by molar-refractivity contribution is -0.147. The van der Waals surface area contributed by atoms with Gasteiger partial charge in [0.1, 0.15) is 11.3 Å². The molecule has 2 rings (SSSR count). The van der Waals surface area contributed by atoms with Crippen LogP contribution in [0.5, 0.6) is 5.75 Å². The summed E-state index contributed by atoms with van der Waals surface area (Å²) in [6.07, 6.45) is -0.720. The van der Waals surface area contributed by atoms with E-state index in [1.807, 2.05) is 0 Å². The maximum Gasteiger partial charge on any atom is 0.346 e. The molecule has 0 aliphatic carbocycles. The lowest BCUT2D eigenvalue weighted by Crippen LogP contribution is -2.24. The molecule has 2 aromatic rings. The molecule has 0 unspecified atom stereocenters. The van der Waals surface area contributed by atoms with Crippen molar-refractivity contribution < 1.29 is 18.7 Å². The molecular formula is C13H12O5. The van der Waals surface area contributed by atoms with Crippen molar-refractivity contribution in [3.8, 4) is 5.75 Å². The summed E-state index contributed by atoms with van der Waals surface area (Å²) in [6.45, 7) is 1.58. The summed E-state index contributed by atoms with van der Waals surface area (Å²) >= 11 is 0. The van der Waals surface area contributed by atoms with Gasteiger partial charge in [0.2, 0.25) is 0 Å². The van der Waals surface area contributed by atoms with Crippen LogP contribution in [0.1, 0.15) is 6.92 Å². The number of rotatable bonds is 3. The van der Waals surface area contributed by atoms with Crippen molar-refractivity contribution in [2.24, 2.45) is 0 Å². The van der Waals surface area contributed by atoms with Gasteiger partial charge < -0.3 is 13.9 Å². The molecule has 1 aromatic carbocycles. The van der Waals surface area contributed by atoms with Crippen LogP contribution in [0.2, 0.25) is 0 Å². The molecule has 0 fully saturated rings. The largest absolute Gasteiger partial charge is 0.479 e. The Morgan fingerprint density at radius 2 is 2.00 bits per heavy atom. The Morgan fingerprint density at radius 3 is 2.72 bits per heavy atom. The molecule has 0 spiro atoms. The van der Waals surface area contributed by atoms with Crippen LogP contribution in [0.3, 0.4) is 0 Å². The molecule has 18 heavy (non-hydrogen) atoms. The maximum atomic E-state index is 11.2. The van der Waals surface area contributed by atoms with E-state index in [0.29, 0.717) is 11.3 Å². The Kier molecular flexibility index (Phi) is 3.32. The average molecular weight is 248 g/mol. The van der Waals surface area contributed by atoms with Gasteiger partial charge in [0.05, 0.1) is 7.11 Å². The maximum absolute atomic E-state index is 11.2. The number of carbonyl (C=O) groups excluding carboxylic acids is 1. The van der Waals surface area contributed by atoms with Crippen molar-refractivity contribution in [1.29, 1.82) is 0 Å². The Bertz CT molecular complexity index is 629. The van der Waals surface area contributed by atoms with E-state index in [1.54, 1.807) is 31.2 Å². The monoisotopic (exact) mass is 248 g/mol. The molecule has 5 nitrogen and oxygen atoms in total. The van der Waals surface area contributed by atoms with Crippen LogP contribution in [0.25, 0.3) is 11.0 Å². The third kappa shape index (κ3) is 2.51. The Hall–Kier alpha value is -2.30. The number of ether oxygens (including phenoxy) is 2. The molecule has 0 saturated heterocycles. The van der Waals surface area contributed by atoms with Crippen molar-refractivity contribution in [2.75, 3.05) is 7.11 Å². The second kappa shape index (κ2) is 4.91. The molecule has 1 heterocycles. The fourth-order valence-electron chi connectivity index (χ4n) is 1.53. The van der Waals surface area contributed by atoms with Crippen molar-refractivity contribution in [2.45, 2.75) is 13.0 Å². The zero-order valence-corrected chi connectivity index (χ0v) is 10.0. The van der Waals surface area contributed by atoms with Gasteiger partial charge in [-0.25, -0.2) is 9.59 Å². The minimum Gasteiger partial charge on any atom is -0.479 e. The summed E-state index contributed by atoms with van der Waals surface area (Å²) in [7, 11) is 1.29. The number of hydrogen-bond acceptors (Lipinski definition) is 5. The standard InChI is InChI=1S/C13H12O5/c1-8(13(15)16-2)17-10-5-3-9-4-6-12(14)18-11(9)7-10/h3-8H,1-2H3/t8-/m0/s1. The molecule has 5 heteroatoms. The lowest BCUT2D eigenvalue weighted by Gasteiger charge is -2.12. The minimum atomic E-state index is -0.720. The Labute approximate surface area is 103 Å². The van der Waals surface area contributed by atoms with Crippen molar-refractivity contribution in [3.63, 3.8) is 0 Å². The van der Waals surface area contributed by atoms with Gasteiger partial charge in [-0.15, -0.1) is 0 Å². The van der Waals surface area contributed by atoms with Crippen LogP contribution >= 0.6 is 0 Å². The Balaban J connectivity index is 2.29. The van der Waals surface area contributed by atoms with Gasteiger partial charge in [-0.2, -0.15) is 0 Å². The topological polar surface area (TPSA) is 65.7 Å². The second-order valence-corrected chi connectivity index (χ2v) is 3.74. The van der Waals surface area contributed by atoms with E-state index < -0.39 is 17.7 Å². The molecule has 0 bridgehead atoms. The highest BCUT2D eigenvalue weighted by molar-refractivity contribution is 5.78. The van der Waals surface area contributed by atoms with E-state index >= 15 is 0 Å². The first-order chi connectivity index (χ1) is 8.60. The second-order valence-electron chi connectivity index (χ2n) is 3.74. The average Bonchev–Trinajstić information content (AvgIpc) is 2.37. The van der Waals surface area contributed by atoms with Crippen molar-refractivity contribution in [1.82, 2.24) is 0 Å². The highest BCUT2D eigenvalue weighted by atomic mass is 16.6. The van der Waals surface area contributed by atoms with E-state index in [9.17, 15) is 9.59 Å². The van der Waals surface area contributed by atoms with E-state index in [4.69, 9.17) is 9.15 Å². The highest BCUT2D eigenvalue weighted by Gasteiger charge is 2.14. The summed E-state index contributed by atoms with van der Waals surface area (Å²) in [5.41, 5.74) is -0.0160. The third-order valence-electron chi connectivity index (χ3n) is 2.44. The summed E-state index contributed by atoms with van der Waals surface area (Å²) in [5.74, 6) is -0.0284. The first-order valence-electron chi connectivity index (χ1n) is 5.38. The molecule has 94 valence electrons. The summed E-state index contributed by atoms with van der Waals surface area (Å²) in [4.78, 5) is 22.3. The number of benzene rings is 1. The number of methoxy groups -OCH3 is 1. The summed E-state index contributed by atoms with van der Waals surface area (Å²) < 4.78 is 15.0. The smallest absolute Gasteiger partial charge is 0.346 e. The zero-order valence-electron chi connectivity index (χ0n) is 10.0. The molecule has 0 aliphatic heterocycles. The molecule has 0 aliphatic rings. The van der Waals surface area contributed by atoms with Crippen LogP contribution in [0.15, 0.2) is 39.5 Å². The molecule has 0 radical (unpaired) electrons. The SMILES string of the molecule is COC(=O)[C@H](C)Oc1ccc2ccc(=O)oc2c1. The molecule has 0 N–H and O–H groups in total. The number of fused-ring (bicyclic) bond motifs is 1. The van der Waals surface area contributed by atoms with Gasteiger partial charge in [-0.05, 0) is 25.1 Å². The minimum absolute atomic E-state index is 0.414. The molecule has 0 amide bonds. The van der Waals surface area contributed by atoms with Gasteiger partial charge in [-0.3, -0.25) is 0 Å². The molecule has 0 saturated carbocycles. The fraction of sp³-hybridized carbons (Fsp3) is 0.231. The molecule has 1 atom stereocenters. The van der Waals surface area contributed by atoms with Crippen molar-refractivity contribution in [3.05, 3.63) is 40.8 Å². The molecular weight excluding hydrogens is 236 g/mol. The van der Waals surface area contributed by atoms with Crippen LogP contribution in [-0.4, -0.2) is 19.2 Å². The van der Waals surface area contributed by atoms with Gasteiger partial charge >= 0.3 is 11.6 Å². The van der Waals surface area contributed by atoms with E-state index in [-0.39, 0.29) is 0 Å². The summed E-state index contributed by atoms with van der Waals surface area (Å²) in [5, 5.41) is 0.785. The van der Waals surface area contributed by atoms with E-state index in [0.717, 1.165) is 5.39 Å². The van der Waals surface area contributed by atoms with Crippen LogP contribution in [0.4, 0.5) is 0 Å². The predicted octanol–water partition coefficient (Wildman–Crippen LogP) is 1.73. The highest BCUT2D eigenvalue weighted by Crippen LogP contribution is 2.20. The first kappa shape index (κ1) is 12.2. The lowest BCUT2D eigenvalue weighted by atomic mass is 10.2. The van der Waals surface area contributed by atoms with Gasteiger partial charge in [-0.1, -0.05) is 0 Å². The van der Waals surface area contributed by atoms with Crippen LogP contribution in [-0.2, 0) is 9.53 Å². The van der Waals surface area contributed by atoms with Crippen molar-refractivity contribution >= 4 is 16.9 Å². The number of hydrogen-bond donors (Lipinski definition) is 0. The zero-order chi connectivity index (χ0) is 13.1. The number of carbonyl (C=O) groups is 1. The third-order valence-corrected chi connectivity index (χ3v) is 2.44. The van der Waals surface area contributed by atoms with E-state index in [2.05, 4.69) is 4.74 Å². The van der Waals surface area contributed by atoms with E-state index in [1.165, 1.54) is 13.2 Å². The van der Waals surface area contributed by atoms with Gasteiger partial charge in [0.25, 0.3) is 0 Å². The Morgan fingerprint density at radius 1 is 1.28 bits per heavy atom. The normalized spacial score (nSPS) is 12.1. The van der Waals surface area contributed by atoms with Gasteiger partial charge in [0.15, 0.2) is 6.10 Å². The quantitative estimate of drug-likeness (QED) is 0.611. The van der Waals surface area contributed by atoms with Crippen LogP contribution in [0, 0.1) is 0 Å². The first-order valence-corrected chi connectivity index (χ1v) is 5.38.